The van der Waals surface area contributed by atoms with Crippen molar-refractivity contribution >= 4 is 23.5 Å². The molecule has 0 unspecified atom stereocenters. The molecule has 0 aliphatic rings. The first-order chi connectivity index (χ1) is 10.2. The van der Waals surface area contributed by atoms with E-state index in [9.17, 15) is 4.79 Å². The third-order valence-electron chi connectivity index (χ3n) is 2.73. The number of nitrogens with zero attached hydrogens (tertiary/aromatic N) is 1. The van der Waals surface area contributed by atoms with Crippen molar-refractivity contribution in [1.29, 1.82) is 5.26 Å². The van der Waals surface area contributed by atoms with Gasteiger partial charge in [0, 0.05) is 16.1 Å². The number of carbonyl (C=O) groups is 1. The topological polar surface area (TPSA) is 50.1 Å². The number of rotatable bonds is 5. The van der Waals surface area contributed by atoms with Crippen LogP contribution in [0, 0.1) is 11.3 Å². The average molecular weight is 298 g/mol. The van der Waals surface area contributed by atoms with Gasteiger partial charge in [-0.3, -0.25) is 4.79 Å². The molecular formula is C17H12ClNO2. The van der Waals surface area contributed by atoms with Crippen LogP contribution in [0.1, 0.15) is 15.9 Å². The second-order valence-corrected chi connectivity index (χ2v) is 4.63. The number of para-hydroxylation sites is 1. The van der Waals surface area contributed by atoms with Crippen LogP contribution < -0.4 is 4.74 Å². The molecule has 2 aromatic rings. The van der Waals surface area contributed by atoms with Crippen molar-refractivity contribution < 1.29 is 9.53 Å². The Kier molecular flexibility index (Phi) is 5.14. The van der Waals surface area contributed by atoms with Gasteiger partial charge < -0.3 is 4.74 Å². The van der Waals surface area contributed by atoms with E-state index in [0.717, 1.165) is 5.56 Å². The zero-order valence-electron chi connectivity index (χ0n) is 11.1. The summed E-state index contributed by atoms with van der Waals surface area (Å²) in [4.78, 5) is 12.1. The number of ketones is 1. The quantitative estimate of drug-likeness (QED) is 0.615. The van der Waals surface area contributed by atoms with Crippen molar-refractivity contribution in [3.63, 3.8) is 0 Å². The zero-order chi connectivity index (χ0) is 15.1. The third kappa shape index (κ3) is 4.20. The molecule has 21 heavy (non-hydrogen) atoms. The summed E-state index contributed by atoms with van der Waals surface area (Å²) in [5.41, 5.74) is 1.26. The van der Waals surface area contributed by atoms with Gasteiger partial charge in [-0.2, -0.15) is 5.26 Å². The Morgan fingerprint density at radius 3 is 2.81 bits per heavy atom. The molecule has 104 valence electrons. The molecule has 0 N–H and O–H groups in total. The fourth-order valence-corrected chi connectivity index (χ4v) is 1.95. The van der Waals surface area contributed by atoms with Crippen molar-refractivity contribution in [1.82, 2.24) is 0 Å². The van der Waals surface area contributed by atoms with Gasteiger partial charge in [0.25, 0.3) is 0 Å². The maximum Gasteiger partial charge on any atom is 0.185 e. The van der Waals surface area contributed by atoms with E-state index in [1.807, 2.05) is 24.3 Å². The first-order valence-electron chi connectivity index (χ1n) is 6.27. The predicted molar refractivity (Wildman–Crippen MR) is 82.4 cm³/mol. The van der Waals surface area contributed by atoms with E-state index in [0.29, 0.717) is 16.3 Å². The van der Waals surface area contributed by atoms with Crippen molar-refractivity contribution in [2.75, 3.05) is 6.61 Å². The summed E-state index contributed by atoms with van der Waals surface area (Å²) in [5.74, 6) is 0.418. The number of nitriles is 1. The summed E-state index contributed by atoms with van der Waals surface area (Å²) in [6.45, 7) is -0.0346. The highest BCUT2D eigenvalue weighted by Gasteiger charge is 2.04. The molecule has 0 bridgehead atoms. The first-order valence-corrected chi connectivity index (χ1v) is 6.65. The van der Waals surface area contributed by atoms with Gasteiger partial charge in [0.2, 0.25) is 0 Å². The minimum Gasteiger partial charge on any atom is -0.478 e. The smallest absolute Gasteiger partial charge is 0.185 e. The lowest BCUT2D eigenvalue weighted by Gasteiger charge is -2.05. The van der Waals surface area contributed by atoms with Gasteiger partial charge in [0.15, 0.2) is 12.4 Å². The fourth-order valence-electron chi connectivity index (χ4n) is 1.76. The Hall–Kier alpha value is -2.57. The molecular weight excluding hydrogens is 286 g/mol. The van der Waals surface area contributed by atoms with Crippen LogP contribution >= 0.6 is 11.6 Å². The second kappa shape index (κ2) is 7.28. The lowest BCUT2D eigenvalue weighted by Crippen LogP contribution is -1.96. The second-order valence-electron chi connectivity index (χ2n) is 4.19. The number of hydrogen-bond donors (Lipinski definition) is 0. The molecule has 2 rings (SSSR count). The molecule has 0 aliphatic carbocycles. The molecule has 0 fully saturated rings. The number of halogens is 1. The highest BCUT2D eigenvalue weighted by atomic mass is 35.5. The molecule has 0 atom stereocenters. The van der Waals surface area contributed by atoms with Crippen molar-refractivity contribution in [2.24, 2.45) is 0 Å². The lowest BCUT2D eigenvalue weighted by molar-refractivity contribution is 0.104. The molecule has 0 aromatic heterocycles. The van der Waals surface area contributed by atoms with E-state index in [2.05, 4.69) is 0 Å². The minimum atomic E-state index is -0.146. The summed E-state index contributed by atoms with van der Waals surface area (Å²) >= 11 is 5.86. The van der Waals surface area contributed by atoms with Crippen LogP contribution in [0.4, 0.5) is 0 Å². The van der Waals surface area contributed by atoms with Gasteiger partial charge in [0.1, 0.15) is 11.8 Å². The van der Waals surface area contributed by atoms with Gasteiger partial charge in [0.05, 0.1) is 0 Å². The highest BCUT2D eigenvalue weighted by molar-refractivity contribution is 6.31. The predicted octanol–water partition coefficient (Wildman–Crippen LogP) is 4.14. The number of allylic oxidation sites excluding steroid dienone is 1. The SMILES string of the molecule is N#CCOc1ccccc1/C=C/C(=O)c1cccc(Cl)c1. The number of carbonyl (C=O) groups excluding carboxylic acids is 1. The van der Waals surface area contributed by atoms with Gasteiger partial charge in [-0.25, -0.2) is 0 Å². The molecule has 2 aromatic carbocycles. The number of hydrogen-bond acceptors (Lipinski definition) is 3. The van der Waals surface area contributed by atoms with Gasteiger partial charge in [-0.1, -0.05) is 41.9 Å². The summed E-state index contributed by atoms with van der Waals surface area (Å²) in [6, 6.07) is 15.9. The van der Waals surface area contributed by atoms with Gasteiger partial charge in [-0.15, -0.1) is 0 Å². The standard InChI is InChI=1S/C17H12ClNO2/c18-15-6-3-5-14(12-15)16(20)9-8-13-4-1-2-7-17(13)21-11-10-19/h1-9,12H,11H2/b9-8+. The van der Waals surface area contributed by atoms with E-state index in [-0.39, 0.29) is 12.4 Å². The molecule has 0 saturated heterocycles. The van der Waals surface area contributed by atoms with Gasteiger partial charge in [-0.05, 0) is 30.4 Å². The zero-order valence-corrected chi connectivity index (χ0v) is 11.9. The molecule has 0 amide bonds. The van der Waals surface area contributed by atoms with Crippen LogP contribution in [0.25, 0.3) is 6.08 Å². The minimum absolute atomic E-state index is 0.0346. The van der Waals surface area contributed by atoms with Crippen molar-refractivity contribution in [3.05, 3.63) is 70.8 Å². The van der Waals surface area contributed by atoms with E-state index in [1.54, 1.807) is 36.4 Å². The summed E-state index contributed by atoms with van der Waals surface area (Å²) < 4.78 is 5.30. The highest BCUT2D eigenvalue weighted by Crippen LogP contribution is 2.20. The molecule has 0 heterocycles. The molecule has 0 radical (unpaired) electrons. The summed E-state index contributed by atoms with van der Waals surface area (Å²) in [5, 5.41) is 9.07. The summed E-state index contributed by atoms with van der Waals surface area (Å²) in [6.07, 6.45) is 3.12. The Labute approximate surface area is 128 Å². The first kappa shape index (κ1) is 14.8. The van der Waals surface area contributed by atoms with Crippen molar-refractivity contribution in [2.45, 2.75) is 0 Å². The van der Waals surface area contributed by atoms with Crippen LogP contribution in [0.2, 0.25) is 5.02 Å². The summed E-state index contributed by atoms with van der Waals surface area (Å²) in [7, 11) is 0. The third-order valence-corrected chi connectivity index (χ3v) is 2.97. The van der Waals surface area contributed by atoms with E-state index >= 15 is 0 Å². The van der Waals surface area contributed by atoms with Crippen LogP contribution in [-0.2, 0) is 0 Å². The Bertz CT molecular complexity index is 717. The van der Waals surface area contributed by atoms with E-state index < -0.39 is 0 Å². The lowest BCUT2D eigenvalue weighted by atomic mass is 10.1. The van der Waals surface area contributed by atoms with E-state index in [4.69, 9.17) is 21.6 Å². The molecule has 0 spiro atoms. The van der Waals surface area contributed by atoms with Crippen LogP contribution in [-0.4, -0.2) is 12.4 Å². The maximum absolute atomic E-state index is 12.1. The van der Waals surface area contributed by atoms with Crippen LogP contribution in [0.15, 0.2) is 54.6 Å². The average Bonchev–Trinajstić information content (AvgIpc) is 2.51. The molecule has 0 saturated carbocycles. The molecule has 0 aliphatic heterocycles. The molecule has 4 heteroatoms. The van der Waals surface area contributed by atoms with Gasteiger partial charge >= 0.3 is 0 Å². The van der Waals surface area contributed by atoms with E-state index in [1.165, 1.54) is 6.08 Å². The Balaban J connectivity index is 2.18. The maximum atomic E-state index is 12.1. The number of benzene rings is 2. The number of ether oxygens (including phenoxy) is 1. The van der Waals surface area contributed by atoms with Crippen molar-refractivity contribution in [3.8, 4) is 11.8 Å². The Morgan fingerprint density at radius 1 is 1.24 bits per heavy atom. The fraction of sp³-hybridized carbons (Fsp3) is 0.0588. The largest absolute Gasteiger partial charge is 0.478 e. The Morgan fingerprint density at radius 2 is 2.05 bits per heavy atom. The van der Waals surface area contributed by atoms with Crippen LogP contribution in [0.5, 0.6) is 5.75 Å². The van der Waals surface area contributed by atoms with Crippen LogP contribution in [0.3, 0.4) is 0 Å². The molecule has 3 nitrogen and oxygen atoms in total. The normalized spacial score (nSPS) is 10.3. The monoisotopic (exact) mass is 297 g/mol.